The molecule has 0 fully saturated rings. The molecule has 25 heavy (non-hydrogen) atoms. The van der Waals surface area contributed by atoms with Gasteiger partial charge in [0.2, 0.25) is 0 Å². The molecule has 142 valence electrons. The summed E-state index contributed by atoms with van der Waals surface area (Å²) in [6, 6.07) is 7.35. The van der Waals surface area contributed by atoms with Crippen molar-refractivity contribution in [1.82, 2.24) is 16.0 Å². The second-order valence-corrected chi connectivity index (χ2v) is 6.01. The number of carbonyl (C=O) groups excluding carboxylic acids is 1. The number of carbonyl (C=O) groups is 1. The second-order valence-electron chi connectivity index (χ2n) is 5.10. The zero-order valence-electron chi connectivity index (χ0n) is 14.8. The van der Waals surface area contributed by atoms with Crippen molar-refractivity contribution in [2.45, 2.75) is 19.8 Å². The van der Waals surface area contributed by atoms with E-state index in [4.69, 9.17) is 4.74 Å². The highest BCUT2D eigenvalue weighted by molar-refractivity contribution is 14.0. The third kappa shape index (κ3) is 11.4. The smallest absolute Gasteiger partial charge is 0.251 e. The molecule has 3 N–H and O–H groups in total. The lowest BCUT2D eigenvalue weighted by atomic mass is 10.2. The highest BCUT2D eigenvalue weighted by Crippen LogP contribution is 2.11. The van der Waals surface area contributed by atoms with Crippen LogP contribution in [0.3, 0.4) is 0 Å². The van der Waals surface area contributed by atoms with Crippen LogP contribution in [-0.4, -0.2) is 51.8 Å². The summed E-state index contributed by atoms with van der Waals surface area (Å²) in [6.07, 6.45) is 1.76. The van der Waals surface area contributed by atoms with E-state index in [0.717, 1.165) is 49.6 Å². The van der Waals surface area contributed by atoms with Crippen LogP contribution in [0.5, 0.6) is 0 Å². The van der Waals surface area contributed by atoms with Gasteiger partial charge in [0.1, 0.15) is 0 Å². The zero-order valence-corrected chi connectivity index (χ0v) is 18.7. The van der Waals surface area contributed by atoms with Gasteiger partial charge >= 0.3 is 0 Å². The molecule has 0 spiro atoms. The molecule has 1 aromatic carbocycles. The Morgan fingerprint density at radius 3 is 2.48 bits per heavy atom. The highest BCUT2D eigenvalue weighted by Gasteiger charge is 2.04. The lowest BCUT2D eigenvalue weighted by Crippen LogP contribution is -2.39. The number of guanidine groups is 1. The van der Waals surface area contributed by atoms with Crippen molar-refractivity contribution in [1.29, 1.82) is 0 Å². The van der Waals surface area contributed by atoms with Gasteiger partial charge in [-0.3, -0.25) is 9.79 Å². The van der Waals surface area contributed by atoms with E-state index in [9.17, 15) is 4.79 Å². The number of aliphatic imine (C=N–C) groups is 1. The maximum Gasteiger partial charge on any atom is 0.251 e. The number of ether oxygens (including phenoxy) is 1. The molecule has 8 heteroatoms. The predicted molar refractivity (Wildman–Crippen MR) is 117 cm³/mol. The molecule has 0 bridgehead atoms. The van der Waals surface area contributed by atoms with E-state index >= 15 is 0 Å². The molecule has 6 nitrogen and oxygen atoms in total. The number of nitrogens with zero attached hydrogens (tertiary/aromatic N) is 1. The van der Waals surface area contributed by atoms with Gasteiger partial charge in [0.15, 0.2) is 5.96 Å². The maximum absolute atomic E-state index is 12.0. The Hall–Kier alpha value is -0.870. The summed E-state index contributed by atoms with van der Waals surface area (Å²) in [5, 5.41) is 9.36. The van der Waals surface area contributed by atoms with Gasteiger partial charge in [-0.2, -0.15) is 0 Å². The van der Waals surface area contributed by atoms with Crippen LogP contribution in [0.15, 0.2) is 33.7 Å². The van der Waals surface area contributed by atoms with Crippen LogP contribution in [0.4, 0.5) is 0 Å². The molecule has 0 heterocycles. The van der Waals surface area contributed by atoms with Gasteiger partial charge < -0.3 is 20.7 Å². The standard InChI is InChI=1S/C17H27BrN4O2.HI/c1-3-24-12-6-11-22-17(19-2)21-10-5-9-20-16(23)14-7-4-8-15(18)13-14;/h4,7-8,13H,3,5-6,9-12H2,1-2H3,(H,20,23)(H2,19,21,22);1H. The summed E-state index contributed by atoms with van der Waals surface area (Å²) in [5.74, 6) is 0.708. The Morgan fingerprint density at radius 2 is 1.84 bits per heavy atom. The van der Waals surface area contributed by atoms with Crippen molar-refractivity contribution in [3.8, 4) is 0 Å². The molecular weight excluding hydrogens is 499 g/mol. The van der Waals surface area contributed by atoms with E-state index in [1.807, 2.05) is 25.1 Å². The first-order valence-electron chi connectivity index (χ1n) is 8.23. The molecule has 0 aliphatic heterocycles. The molecule has 0 unspecified atom stereocenters. The topological polar surface area (TPSA) is 74.8 Å². The minimum Gasteiger partial charge on any atom is -0.382 e. The van der Waals surface area contributed by atoms with Crippen molar-refractivity contribution < 1.29 is 9.53 Å². The van der Waals surface area contributed by atoms with Gasteiger partial charge in [-0.25, -0.2) is 0 Å². The largest absolute Gasteiger partial charge is 0.382 e. The quantitative estimate of drug-likeness (QED) is 0.190. The molecule has 0 aromatic heterocycles. The lowest BCUT2D eigenvalue weighted by molar-refractivity contribution is 0.0953. The normalized spacial score (nSPS) is 10.8. The van der Waals surface area contributed by atoms with Gasteiger partial charge in [0, 0.05) is 49.9 Å². The third-order valence-electron chi connectivity index (χ3n) is 3.20. The fourth-order valence-corrected chi connectivity index (χ4v) is 2.37. The van der Waals surface area contributed by atoms with Gasteiger partial charge in [-0.15, -0.1) is 24.0 Å². The second kappa shape index (κ2) is 15.4. The predicted octanol–water partition coefficient (Wildman–Crippen LogP) is 2.78. The fourth-order valence-electron chi connectivity index (χ4n) is 1.97. The molecule has 0 saturated carbocycles. The van der Waals surface area contributed by atoms with Crippen LogP contribution in [0.1, 0.15) is 30.1 Å². The molecule has 0 radical (unpaired) electrons. The number of rotatable bonds is 10. The molecule has 1 amide bonds. The van der Waals surface area contributed by atoms with Crippen molar-refractivity contribution in [2.24, 2.45) is 4.99 Å². The van der Waals surface area contributed by atoms with Crippen LogP contribution in [0.25, 0.3) is 0 Å². The monoisotopic (exact) mass is 526 g/mol. The summed E-state index contributed by atoms with van der Waals surface area (Å²) in [4.78, 5) is 16.1. The highest BCUT2D eigenvalue weighted by atomic mass is 127. The van der Waals surface area contributed by atoms with E-state index in [1.54, 1.807) is 13.1 Å². The number of hydrogen-bond donors (Lipinski definition) is 3. The lowest BCUT2D eigenvalue weighted by Gasteiger charge is -2.12. The zero-order chi connectivity index (χ0) is 17.6. The van der Waals surface area contributed by atoms with Crippen LogP contribution in [0, 0.1) is 0 Å². The Balaban J connectivity index is 0.00000576. The Kier molecular flexibility index (Phi) is 14.9. The summed E-state index contributed by atoms with van der Waals surface area (Å²) >= 11 is 3.36. The van der Waals surface area contributed by atoms with Crippen LogP contribution >= 0.6 is 39.9 Å². The number of amides is 1. The molecule has 0 atom stereocenters. The van der Waals surface area contributed by atoms with Crippen LogP contribution < -0.4 is 16.0 Å². The number of halogens is 2. The Labute approximate surface area is 175 Å². The van der Waals surface area contributed by atoms with E-state index < -0.39 is 0 Å². The fraction of sp³-hybridized carbons (Fsp3) is 0.529. The third-order valence-corrected chi connectivity index (χ3v) is 3.70. The summed E-state index contributed by atoms with van der Waals surface area (Å²) in [7, 11) is 1.74. The van der Waals surface area contributed by atoms with Gasteiger partial charge in [-0.05, 0) is 38.0 Å². The Bertz CT molecular complexity index is 529. The number of nitrogens with one attached hydrogen (secondary N) is 3. The number of benzene rings is 1. The molecule has 0 saturated heterocycles. The van der Waals surface area contributed by atoms with Crippen LogP contribution in [0.2, 0.25) is 0 Å². The summed E-state index contributed by atoms with van der Waals surface area (Å²) in [5.41, 5.74) is 0.657. The van der Waals surface area contributed by atoms with E-state index in [2.05, 4.69) is 36.9 Å². The first-order chi connectivity index (χ1) is 11.7. The van der Waals surface area contributed by atoms with E-state index in [1.165, 1.54) is 0 Å². The minimum atomic E-state index is -0.0604. The van der Waals surface area contributed by atoms with Crippen molar-refractivity contribution >= 4 is 51.8 Å². The van der Waals surface area contributed by atoms with Crippen LogP contribution in [-0.2, 0) is 4.74 Å². The molecule has 0 aliphatic carbocycles. The van der Waals surface area contributed by atoms with E-state index in [-0.39, 0.29) is 29.9 Å². The SMILES string of the molecule is CCOCCCNC(=NC)NCCCNC(=O)c1cccc(Br)c1.I. The molecular formula is C17H28BrIN4O2. The van der Waals surface area contributed by atoms with Gasteiger partial charge in [0.25, 0.3) is 5.91 Å². The van der Waals surface area contributed by atoms with Crippen molar-refractivity contribution in [3.63, 3.8) is 0 Å². The average Bonchev–Trinajstić information content (AvgIpc) is 2.59. The van der Waals surface area contributed by atoms with Gasteiger partial charge in [0.05, 0.1) is 0 Å². The van der Waals surface area contributed by atoms with E-state index in [0.29, 0.717) is 12.1 Å². The first-order valence-corrected chi connectivity index (χ1v) is 9.02. The molecule has 1 aromatic rings. The summed E-state index contributed by atoms with van der Waals surface area (Å²) < 4.78 is 6.18. The molecule has 1 rings (SSSR count). The van der Waals surface area contributed by atoms with Crippen molar-refractivity contribution in [2.75, 3.05) is 39.9 Å². The number of hydrogen-bond acceptors (Lipinski definition) is 3. The molecule has 0 aliphatic rings. The van der Waals surface area contributed by atoms with Crippen molar-refractivity contribution in [3.05, 3.63) is 34.3 Å². The Morgan fingerprint density at radius 1 is 1.16 bits per heavy atom. The minimum absolute atomic E-state index is 0. The van der Waals surface area contributed by atoms with Gasteiger partial charge in [-0.1, -0.05) is 22.0 Å². The maximum atomic E-state index is 12.0. The summed E-state index contributed by atoms with van der Waals surface area (Å²) in [6.45, 7) is 5.66. The first kappa shape index (κ1) is 24.1. The average molecular weight is 527 g/mol.